The number of aromatic nitrogens is 4. The number of para-hydroxylation sites is 2. The molecule has 0 aliphatic rings. The minimum absolute atomic E-state index is 0.282. The third kappa shape index (κ3) is 2.93. The molecule has 0 saturated carbocycles. The molecule has 110 valence electrons. The molecule has 1 aromatic heterocycles. The first-order chi connectivity index (χ1) is 10.6. The van der Waals surface area contributed by atoms with E-state index in [4.69, 9.17) is 23.2 Å². The lowest BCUT2D eigenvalue weighted by atomic mass is 10.2. The first-order valence-electron chi connectivity index (χ1n) is 6.24. The van der Waals surface area contributed by atoms with Crippen LogP contribution in [0.2, 0.25) is 10.0 Å². The number of hydrogen-bond acceptors (Lipinski definition) is 4. The first kappa shape index (κ1) is 14.5. The van der Waals surface area contributed by atoms with Crippen LogP contribution in [0.3, 0.4) is 0 Å². The largest absolute Gasteiger partial charge is 0.320 e. The van der Waals surface area contributed by atoms with Crippen molar-refractivity contribution in [3.05, 3.63) is 64.4 Å². The highest BCUT2D eigenvalue weighted by molar-refractivity contribution is 6.37. The summed E-state index contributed by atoms with van der Waals surface area (Å²) >= 11 is 11.9. The van der Waals surface area contributed by atoms with Crippen molar-refractivity contribution in [2.75, 3.05) is 5.32 Å². The summed E-state index contributed by atoms with van der Waals surface area (Å²) in [4.78, 5) is 12.4. The van der Waals surface area contributed by atoms with E-state index < -0.39 is 0 Å². The number of halogens is 2. The maximum atomic E-state index is 12.4. The molecule has 0 fully saturated rings. The molecule has 2 aromatic carbocycles. The summed E-state index contributed by atoms with van der Waals surface area (Å²) in [5.41, 5.74) is 1.54. The number of anilines is 1. The van der Waals surface area contributed by atoms with Crippen LogP contribution < -0.4 is 5.32 Å². The van der Waals surface area contributed by atoms with Crippen LogP contribution in [0.4, 0.5) is 5.69 Å². The fourth-order valence-electron chi connectivity index (χ4n) is 1.91. The van der Waals surface area contributed by atoms with E-state index in [-0.39, 0.29) is 10.9 Å². The molecule has 0 aliphatic carbocycles. The SMILES string of the molecule is O=C(Nc1ccccc1-n1cnnn1)c1ccc(Cl)cc1Cl. The summed E-state index contributed by atoms with van der Waals surface area (Å²) in [6, 6.07) is 11.9. The monoisotopic (exact) mass is 333 g/mol. The van der Waals surface area contributed by atoms with Gasteiger partial charge in [-0.1, -0.05) is 35.3 Å². The summed E-state index contributed by atoms with van der Waals surface area (Å²) in [5, 5.41) is 14.5. The van der Waals surface area contributed by atoms with Crippen molar-refractivity contribution in [2.24, 2.45) is 0 Å². The number of amides is 1. The number of carbonyl (C=O) groups is 1. The highest BCUT2D eigenvalue weighted by Gasteiger charge is 2.13. The van der Waals surface area contributed by atoms with Gasteiger partial charge in [-0.05, 0) is 40.8 Å². The van der Waals surface area contributed by atoms with E-state index in [0.29, 0.717) is 22.0 Å². The van der Waals surface area contributed by atoms with Crippen LogP contribution in [-0.4, -0.2) is 26.1 Å². The molecule has 3 aromatic rings. The molecule has 0 radical (unpaired) electrons. The maximum Gasteiger partial charge on any atom is 0.257 e. The molecular weight excluding hydrogens is 325 g/mol. The quantitative estimate of drug-likeness (QED) is 0.798. The predicted octanol–water partition coefficient (Wildman–Crippen LogP) is 3.22. The Morgan fingerprint density at radius 1 is 1.14 bits per heavy atom. The van der Waals surface area contributed by atoms with E-state index in [2.05, 4.69) is 20.8 Å². The summed E-state index contributed by atoms with van der Waals surface area (Å²) in [5.74, 6) is -0.345. The number of hydrogen-bond donors (Lipinski definition) is 1. The van der Waals surface area contributed by atoms with Crippen molar-refractivity contribution in [3.8, 4) is 5.69 Å². The average molecular weight is 334 g/mol. The molecule has 1 amide bonds. The predicted molar refractivity (Wildman–Crippen MR) is 83.6 cm³/mol. The lowest BCUT2D eigenvalue weighted by Gasteiger charge is -2.11. The number of nitrogens with one attached hydrogen (secondary N) is 1. The van der Waals surface area contributed by atoms with Gasteiger partial charge in [-0.3, -0.25) is 4.79 Å². The van der Waals surface area contributed by atoms with Crippen molar-refractivity contribution in [1.82, 2.24) is 20.2 Å². The van der Waals surface area contributed by atoms with Crippen LogP contribution in [-0.2, 0) is 0 Å². The van der Waals surface area contributed by atoms with Gasteiger partial charge < -0.3 is 5.32 Å². The molecule has 1 N–H and O–H groups in total. The molecule has 0 atom stereocenters. The van der Waals surface area contributed by atoms with E-state index in [9.17, 15) is 4.79 Å². The Kier molecular flexibility index (Phi) is 4.04. The number of benzene rings is 2. The molecule has 0 bridgehead atoms. The van der Waals surface area contributed by atoms with Gasteiger partial charge in [0.15, 0.2) is 0 Å². The number of rotatable bonds is 3. The Morgan fingerprint density at radius 2 is 1.95 bits per heavy atom. The van der Waals surface area contributed by atoms with Crippen molar-refractivity contribution in [2.45, 2.75) is 0 Å². The molecule has 1 heterocycles. The molecular formula is C14H9Cl2N5O. The highest BCUT2D eigenvalue weighted by Crippen LogP contribution is 2.24. The lowest BCUT2D eigenvalue weighted by Crippen LogP contribution is -2.14. The highest BCUT2D eigenvalue weighted by atomic mass is 35.5. The summed E-state index contributed by atoms with van der Waals surface area (Å²) < 4.78 is 1.46. The minimum Gasteiger partial charge on any atom is -0.320 e. The molecule has 22 heavy (non-hydrogen) atoms. The zero-order valence-corrected chi connectivity index (χ0v) is 12.6. The van der Waals surface area contributed by atoms with E-state index in [1.54, 1.807) is 30.3 Å². The van der Waals surface area contributed by atoms with Gasteiger partial charge in [0.1, 0.15) is 6.33 Å². The number of carbonyl (C=O) groups excluding carboxylic acids is 1. The van der Waals surface area contributed by atoms with Crippen LogP contribution in [0.25, 0.3) is 5.69 Å². The molecule has 0 spiro atoms. The summed E-state index contributed by atoms with van der Waals surface area (Å²) in [6.07, 6.45) is 1.44. The summed E-state index contributed by atoms with van der Waals surface area (Å²) in [7, 11) is 0. The minimum atomic E-state index is -0.345. The third-order valence-electron chi connectivity index (χ3n) is 2.92. The Morgan fingerprint density at radius 3 is 2.68 bits per heavy atom. The molecule has 3 rings (SSSR count). The molecule has 8 heteroatoms. The average Bonchev–Trinajstić information content (AvgIpc) is 3.01. The van der Waals surface area contributed by atoms with Gasteiger partial charge in [0, 0.05) is 5.02 Å². The molecule has 6 nitrogen and oxygen atoms in total. The molecule has 0 aliphatic heterocycles. The Bertz CT molecular complexity index is 820. The second kappa shape index (κ2) is 6.13. The van der Waals surface area contributed by atoms with Gasteiger partial charge in [-0.25, -0.2) is 0 Å². The van der Waals surface area contributed by atoms with Crippen molar-refractivity contribution in [3.63, 3.8) is 0 Å². The van der Waals surface area contributed by atoms with Crippen LogP contribution in [0.1, 0.15) is 10.4 Å². The fourth-order valence-corrected chi connectivity index (χ4v) is 2.41. The van der Waals surface area contributed by atoms with Crippen molar-refractivity contribution in [1.29, 1.82) is 0 Å². The van der Waals surface area contributed by atoms with Gasteiger partial charge in [-0.2, -0.15) is 4.68 Å². The summed E-state index contributed by atoms with van der Waals surface area (Å²) in [6.45, 7) is 0. The van der Waals surface area contributed by atoms with Crippen molar-refractivity contribution < 1.29 is 4.79 Å². The first-order valence-corrected chi connectivity index (χ1v) is 6.99. The van der Waals surface area contributed by atoms with E-state index in [1.807, 2.05) is 6.07 Å². The normalized spacial score (nSPS) is 10.5. The van der Waals surface area contributed by atoms with Gasteiger partial charge >= 0.3 is 0 Å². The zero-order chi connectivity index (χ0) is 15.5. The topological polar surface area (TPSA) is 72.7 Å². The Balaban J connectivity index is 1.92. The number of tetrazole rings is 1. The van der Waals surface area contributed by atoms with Crippen LogP contribution >= 0.6 is 23.2 Å². The maximum absolute atomic E-state index is 12.4. The zero-order valence-electron chi connectivity index (χ0n) is 11.1. The van der Waals surface area contributed by atoms with Crippen LogP contribution in [0, 0.1) is 0 Å². The van der Waals surface area contributed by atoms with Crippen LogP contribution in [0.15, 0.2) is 48.8 Å². The van der Waals surface area contributed by atoms with Gasteiger partial charge in [0.25, 0.3) is 5.91 Å². The molecule has 0 unspecified atom stereocenters. The lowest BCUT2D eigenvalue weighted by molar-refractivity contribution is 0.102. The van der Waals surface area contributed by atoms with E-state index in [0.717, 1.165) is 0 Å². The van der Waals surface area contributed by atoms with Gasteiger partial charge in [0.2, 0.25) is 0 Å². The fraction of sp³-hybridized carbons (Fsp3) is 0. The molecule has 0 saturated heterocycles. The smallest absolute Gasteiger partial charge is 0.257 e. The van der Waals surface area contributed by atoms with Gasteiger partial charge in [-0.15, -0.1) is 5.10 Å². The van der Waals surface area contributed by atoms with E-state index >= 15 is 0 Å². The second-order valence-electron chi connectivity index (χ2n) is 4.35. The number of nitrogens with zero attached hydrogens (tertiary/aromatic N) is 4. The second-order valence-corrected chi connectivity index (χ2v) is 5.19. The van der Waals surface area contributed by atoms with Gasteiger partial charge in [0.05, 0.1) is 22.0 Å². The Labute approximate surface area is 135 Å². The van der Waals surface area contributed by atoms with E-state index in [1.165, 1.54) is 17.1 Å². The van der Waals surface area contributed by atoms with Crippen LogP contribution in [0.5, 0.6) is 0 Å². The standard InChI is InChI=1S/C14H9Cl2N5O/c15-9-5-6-10(11(16)7-9)14(22)18-12-3-1-2-4-13(12)21-8-17-19-20-21/h1-8H,(H,18,22). The van der Waals surface area contributed by atoms with Crippen molar-refractivity contribution >= 4 is 34.8 Å². The third-order valence-corrected chi connectivity index (χ3v) is 3.47. The Hall–Kier alpha value is -2.44.